The summed E-state index contributed by atoms with van der Waals surface area (Å²) in [4.78, 5) is 9.60. The van der Waals surface area contributed by atoms with Crippen LogP contribution in [0.4, 0.5) is 10.1 Å². The van der Waals surface area contributed by atoms with Gasteiger partial charge in [0.05, 0.1) is 17.6 Å². The molecule has 1 fully saturated rings. The van der Waals surface area contributed by atoms with Gasteiger partial charge in [-0.25, -0.2) is 14.1 Å². The second-order valence-electron chi connectivity index (χ2n) is 6.71. The van der Waals surface area contributed by atoms with Crippen molar-refractivity contribution < 1.29 is 4.39 Å². The number of pyridine rings is 1. The van der Waals surface area contributed by atoms with Gasteiger partial charge in [0.1, 0.15) is 5.82 Å². The first-order chi connectivity index (χ1) is 13.3. The van der Waals surface area contributed by atoms with E-state index in [1.807, 2.05) is 22.2 Å². The zero-order valence-electron chi connectivity index (χ0n) is 15.0. The Hall–Kier alpha value is -2.60. The summed E-state index contributed by atoms with van der Waals surface area (Å²) in [5.41, 5.74) is 2.61. The molecule has 1 aromatic carbocycles. The van der Waals surface area contributed by atoms with E-state index in [-0.39, 0.29) is 5.82 Å². The Morgan fingerprint density at radius 3 is 2.67 bits per heavy atom. The summed E-state index contributed by atoms with van der Waals surface area (Å²) < 4.78 is 15.2. The molecule has 1 saturated carbocycles. The molecule has 2 heterocycles. The Labute approximate surface area is 161 Å². The number of nitrogens with zero attached hydrogens (tertiary/aromatic N) is 4. The first-order valence-corrected chi connectivity index (χ1v) is 10.1. The number of hydrogen-bond acceptors (Lipinski definition) is 4. The monoisotopic (exact) mass is 380 g/mol. The number of aromatic nitrogens is 2. The van der Waals surface area contributed by atoms with Gasteiger partial charge in [-0.15, -0.1) is 11.3 Å². The Balaban J connectivity index is 1.76. The van der Waals surface area contributed by atoms with E-state index >= 15 is 0 Å². The highest BCUT2D eigenvalue weighted by Gasteiger charge is 2.12. The molecular weight excluding hydrogens is 359 g/mol. The number of rotatable bonds is 4. The third-order valence-electron chi connectivity index (χ3n) is 4.74. The zero-order chi connectivity index (χ0) is 18.5. The summed E-state index contributed by atoms with van der Waals surface area (Å²) >= 11 is 1.52. The fraction of sp³-hybridized carbons (Fsp3) is 0.286. The molecule has 0 radical (unpaired) electrons. The second kappa shape index (κ2) is 8.39. The first-order valence-electron chi connectivity index (χ1n) is 9.25. The molecule has 0 spiro atoms. The SMILES string of the molecule is Fc1ccc(-c2csc(=Nc3cccnc3)n2N=CC2CCCCC2)cc1. The Bertz CT molecular complexity index is 967. The average Bonchev–Trinajstić information content (AvgIpc) is 3.11. The van der Waals surface area contributed by atoms with E-state index in [1.165, 1.54) is 55.6 Å². The highest BCUT2D eigenvalue weighted by molar-refractivity contribution is 7.07. The number of hydrogen-bond donors (Lipinski definition) is 0. The van der Waals surface area contributed by atoms with Gasteiger partial charge in [0.15, 0.2) is 0 Å². The van der Waals surface area contributed by atoms with Crippen molar-refractivity contribution in [1.82, 2.24) is 9.66 Å². The summed E-state index contributed by atoms with van der Waals surface area (Å²) in [6.07, 6.45) is 11.7. The maximum atomic E-state index is 13.3. The summed E-state index contributed by atoms with van der Waals surface area (Å²) in [5.74, 6) is 0.268. The Morgan fingerprint density at radius 2 is 1.93 bits per heavy atom. The van der Waals surface area contributed by atoms with Gasteiger partial charge in [-0.1, -0.05) is 19.3 Å². The van der Waals surface area contributed by atoms with Crippen LogP contribution < -0.4 is 4.80 Å². The molecule has 0 bridgehead atoms. The Morgan fingerprint density at radius 1 is 1.11 bits per heavy atom. The molecular formula is C21H21FN4S. The predicted octanol–water partition coefficient (Wildman–Crippen LogP) is 5.40. The molecule has 0 N–H and O–H groups in total. The lowest BCUT2D eigenvalue weighted by molar-refractivity contribution is 0.443. The largest absolute Gasteiger partial charge is 0.262 e. The lowest BCUT2D eigenvalue weighted by Crippen LogP contribution is -2.14. The summed E-state index contributed by atoms with van der Waals surface area (Å²) in [6, 6.07) is 10.3. The van der Waals surface area contributed by atoms with Crippen molar-refractivity contribution in [2.45, 2.75) is 32.1 Å². The molecule has 0 aliphatic heterocycles. The van der Waals surface area contributed by atoms with Crippen LogP contribution in [-0.2, 0) is 0 Å². The minimum atomic E-state index is -0.244. The lowest BCUT2D eigenvalue weighted by atomic mass is 9.90. The van der Waals surface area contributed by atoms with Crippen LogP contribution in [0.2, 0.25) is 0 Å². The molecule has 4 nitrogen and oxygen atoms in total. The predicted molar refractivity (Wildman–Crippen MR) is 108 cm³/mol. The van der Waals surface area contributed by atoms with Crippen LogP contribution in [0.3, 0.4) is 0 Å². The molecule has 3 aromatic rings. The quantitative estimate of drug-likeness (QED) is 0.559. The van der Waals surface area contributed by atoms with E-state index in [2.05, 4.69) is 11.2 Å². The van der Waals surface area contributed by atoms with Crippen LogP contribution in [0.15, 0.2) is 64.3 Å². The zero-order valence-corrected chi connectivity index (χ0v) is 15.8. The lowest BCUT2D eigenvalue weighted by Gasteiger charge is -2.17. The van der Waals surface area contributed by atoms with Crippen molar-refractivity contribution in [3.63, 3.8) is 0 Å². The third-order valence-corrected chi connectivity index (χ3v) is 5.55. The molecule has 0 saturated heterocycles. The van der Waals surface area contributed by atoms with Crippen molar-refractivity contribution in [3.05, 3.63) is 64.8 Å². The molecule has 2 aromatic heterocycles. The van der Waals surface area contributed by atoms with Crippen LogP contribution in [0.5, 0.6) is 0 Å². The van der Waals surface area contributed by atoms with Crippen molar-refractivity contribution in [3.8, 4) is 11.3 Å². The van der Waals surface area contributed by atoms with Crippen molar-refractivity contribution >= 4 is 23.2 Å². The summed E-state index contributed by atoms with van der Waals surface area (Å²) in [5, 5.41) is 6.79. The minimum Gasteiger partial charge on any atom is -0.262 e. The van der Waals surface area contributed by atoms with Gasteiger partial charge in [-0.3, -0.25) is 4.98 Å². The smallest absolute Gasteiger partial charge is 0.211 e. The van der Waals surface area contributed by atoms with Crippen LogP contribution in [0.25, 0.3) is 11.3 Å². The van der Waals surface area contributed by atoms with E-state index in [0.29, 0.717) is 5.92 Å². The van der Waals surface area contributed by atoms with Gasteiger partial charge in [-0.05, 0) is 55.2 Å². The summed E-state index contributed by atoms with van der Waals surface area (Å²) in [6.45, 7) is 0. The molecule has 6 heteroatoms. The van der Waals surface area contributed by atoms with Crippen molar-refractivity contribution in [2.75, 3.05) is 0 Å². The van der Waals surface area contributed by atoms with E-state index in [4.69, 9.17) is 10.1 Å². The molecule has 0 amide bonds. The Kier molecular flexibility index (Phi) is 5.53. The van der Waals surface area contributed by atoms with E-state index in [9.17, 15) is 4.39 Å². The molecule has 27 heavy (non-hydrogen) atoms. The van der Waals surface area contributed by atoms with E-state index in [1.54, 1.807) is 24.5 Å². The maximum absolute atomic E-state index is 13.3. The van der Waals surface area contributed by atoms with Crippen molar-refractivity contribution in [2.24, 2.45) is 16.0 Å². The molecule has 138 valence electrons. The fourth-order valence-electron chi connectivity index (χ4n) is 3.28. The van der Waals surface area contributed by atoms with E-state index < -0.39 is 0 Å². The van der Waals surface area contributed by atoms with Gasteiger partial charge >= 0.3 is 0 Å². The fourth-order valence-corrected chi connectivity index (χ4v) is 4.14. The molecule has 1 aliphatic carbocycles. The van der Waals surface area contributed by atoms with Crippen LogP contribution in [-0.4, -0.2) is 15.9 Å². The third kappa shape index (κ3) is 4.39. The minimum absolute atomic E-state index is 0.244. The van der Waals surface area contributed by atoms with E-state index in [0.717, 1.165) is 21.7 Å². The van der Waals surface area contributed by atoms with Crippen LogP contribution >= 0.6 is 11.3 Å². The standard InChI is InChI=1S/C21H21FN4S/c22-18-10-8-17(9-11-18)20-15-27-21(25-19-7-4-12-23-14-19)26(20)24-13-16-5-2-1-3-6-16/h4,7-16H,1-3,5-6H2. The van der Waals surface area contributed by atoms with Crippen LogP contribution in [0, 0.1) is 11.7 Å². The topological polar surface area (TPSA) is 42.5 Å². The second-order valence-corrected chi connectivity index (χ2v) is 7.54. The number of halogens is 1. The molecule has 4 rings (SSSR count). The van der Waals surface area contributed by atoms with Gasteiger partial charge < -0.3 is 0 Å². The number of thiazole rings is 1. The van der Waals surface area contributed by atoms with Gasteiger partial charge in [-0.2, -0.15) is 5.10 Å². The highest BCUT2D eigenvalue weighted by Crippen LogP contribution is 2.24. The number of benzene rings is 1. The normalized spacial score (nSPS) is 16.3. The maximum Gasteiger partial charge on any atom is 0.211 e. The van der Waals surface area contributed by atoms with Gasteiger partial charge in [0.2, 0.25) is 4.80 Å². The average molecular weight is 380 g/mol. The molecule has 0 atom stereocenters. The molecule has 1 aliphatic rings. The molecule has 0 unspecified atom stereocenters. The highest BCUT2D eigenvalue weighted by atomic mass is 32.1. The first kappa shape index (κ1) is 17.8. The van der Waals surface area contributed by atoms with Gasteiger partial charge in [0.25, 0.3) is 0 Å². The van der Waals surface area contributed by atoms with Crippen molar-refractivity contribution in [1.29, 1.82) is 0 Å². The van der Waals surface area contributed by atoms with Gasteiger partial charge in [0, 0.05) is 23.4 Å². The van der Waals surface area contributed by atoms with Crippen LogP contribution in [0.1, 0.15) is 32.1 Å². The summed E-state index contributed by atoms with van der Waals surface area (Å²) in [7, 11) is 0.